The summed E-state index contributed by atoms with van der Waals surface area (Å²) in [5, 5.41) is 5.89. The van der Waals surface area contributed by atoms with Crippen LogP contribution in [-0.2, 0) is 16.4 Å². The third kappa shape index (κ3) is 4.16. The molecule has 0 radical (unpaired) electrons. The fourth-order valence-electron chi connectivity index (χ4n) is 2.53. The molecule has 0 saturated carbocycles. The van der Waals surface area contributed by atoms with Crippen molar-refractivity contribution in [2.45, 2.75) is 11.3 Å². The summed E-state index contributed by atoms with van der Waals surface area (Å²) in [7, 11) is -0.208. The third-order valence-corrected chi connectivity index (χ3v) is 5.72. The Balaban J connectivity index is 0.000000198. The van der Waals surface area contributed by atoms with Gasteiger partial charge >= 0.3 is 6.03 Å². The van der Waals surface area contributed by atoms with Crippen LogP contribution in [0.25, 0.3) is 0 Å². The Bertz CT molecular complexity index is 690. The topological polar surface area (TPSA) is 108 Å². The van der Waals surface area contributed by atoms with Crippen molar-refractivity contribution in [1.82, 2.24) is 14.5 Å². The first-order valence-electron chi connectivity index (χ1n) is 7.88. The van der Waals surface area contributed by atoms with Crippen LogP contribution in [0.2, 0.25) is 0 Å². The summed E-state index contributed by atoms with van der Waals surface area (Å²) >= 11 is 0. The van der Waals surface area contributed by atoms with Gasteiger partial charge in [-0.1, -0.05) is 0 Å². The SMILES string of the molecule is CN(C)S(=O)(=O)c1ccc2c(c1)CCN2.NCCN1CCNC1=O. The van der Waals surface area contributed by atoms with E-state index < -0.39 is 10.0 Å². The van der Waals surface area contributed by atoms with Crippen LogP contribution in [0, 0.1) is 0 Å². The predicted octanol–water partition coefficient (Wildman–Crippen LogP) is -0.125. The van der Waals surface area contributed by atoms with Crippen LogP contribution < -0.4 is 16.4 Å². The maximum absolute atomic E-state index is 11.8. The van der Waals surface area contributed by atoms with Gasteiger partial charge in [0.25, 0.3) is 0 Å². The van der Waals surface area contributed by atoms with Gasteiger partial charge < -0.3 is 21.3 Å². The van der Waals surface area contributed by atoms with E-state index in [1.807, 2.05) is 6.07 Å². The lowest BCUT2D eigenvalue weighted by atomic mass is 10.2. The van der Waals surface area contributed by atoms with Crippen molar-refractivity contribution in [2.75, 3.05) is 52.1 Å². The molecule has 134 valence electrons. The molecule has 0 atom stereocenters. The van der Waals surface area contributed by atoms with Gasteiger partial charge in [0.05, 0.1) is 4.90 Å². The molecular formula is C15H25N5O3S. The fraction of sp³-hybridized carbons (Fsp3) is 0.533. The van der Waals surface area contributed by atoms with E-state index in [4.69, 9.17) is 5.73 Å². The minimum absolute atomic E-state index is 0.0143. The number of rotatable bonds is 4. The third-order valence-electron chi connectivity index (χ3n) is 3.91. The van der Waals surface area contributed by atoms with Crippen LogP contribution in [0.15, 0.2) is 23.1 Å². The Labute approximate surface area is 143 Å². The molecule has 0 bridgehead atoms. The summed E-state index contributed by atoms with van der Waals surface area (Å²) in [5.74, 6) is 0. The number of anilines is 1. The number of hydrogen-bond donors (Lipinski definition) is 3. The first-order chi connectivity index (χ1) is 11.4. The van der Waals surface area contributed by atoms with Crippen molar-refractivity contribution in [3.05, 3.63) is 23.8 Å². The number of hydrogen-bond acceptors (Lipinski definition) is 5. The number of benzene rings is 1. The molecule has 24 heavy (non-hydrogen) atoms. The van der Waals surface area contributed by atoms with E-state index in [9.17, 15) is 13.2 Å². The summed E-state index contributed by atoms with van der Waals surface area (Å²) in [6.45, 7) is 3.68. The summed E-state index contributed by atoms with van der Waals surface area (Å²) in [5.41, 5.74) is 7.38. The molecule has 9 heteroatoms. The van der Waals surface area contributed by atoms with Crippen molar-refractivity contribution >= 4 is 21.7 Å². The number of urea groups is 1. The van der Waals surface area contributed by atoms with Crippen LogP contribution >= 0.6 is 0 Å². The van der Waals surface area contributed by atoms with Crippen molar-refractivity contribution < 1.29 is 13.2 Å². The standard InChI is InChI=1S/C10H14N2O2S.C5H11N3O/c1-12(2)15(13,14)9-3-4-10-8(7-9)5-6-11-10;6-1-3-8-4-2-7-5(8)9/h3-4,7,11H,5-6H2,1-2H3;1-4,6H2,(H,7,9). The number of carbonyl (C=O) groups is 1. The first kappa shape index (κ1) is 18.5. The zero-order valence-corrected chi connectivity index (χ0v) is 14.9. The van der Waals surface area contributed by atoms with Gasteiger partial charge in [0, 0.05) is 52.5 Å². The van der Waals surface area contributed by atoms with Gasteiger partial charge in [-0.15, -0.1) is 0 Å². The number of nitrogens with one attached hydrogen (secondary N) is 2. The molecule has 2 aliphatic rings. The normalized spacial score (nSPS) is 16.3. The predicted molar refractivity (Wildman–Crippen MR) is 93.5 cm³/mol. The number of fused-ring (bicyclic) bond motifs is 1. The maximum atomic E-state index is 11.8. The molecule has 8 nitrogen and oxygen atoms in total. The molecule has 4 N–H and O–H groups in total. The summed E-state index contributed by atoms with van der Waals surface area (Å²) in [6.07, 6.45) is 0.895. The Hall–Kier alpha value is -1.84. The van der Waals surface area contributed by atoms with E-state index in [0.29, 0.717) is 18.0 Å². The highest BCUT2D eigenvalue weighted by Crippen LogP contribution is 2.25. The van der Waals surface area contributed by atoms with E-state index >= 15 is 0 Å². The summed E-state index contributed by atoms with van der Waals surface area (Å²) in [6, 6.07) is 5.25. The van der Waals surface area contributed by atoms with Gasteiger partial charge in [0.1, 0.15) is 0 Å². The van der Waals surface area contributed by atoms with Crippen molar-refractivity contribution in [1.29, 1.82) is 0 Å². The molecule has 0 aliphatic carbocycles. The quantitative estimate of drug-likeness (QED) is 0.698. The largest absolute Gasteiger partial charge is 0.384 e. The number of amides is 2. The van der Waals surface area contributed by atoms with Gasteiger partial charge in [-0.05, 0) is 30.2 Å². The van der Waals surface area contributed by atoms with Gasteiger partial charge in [0.2, 0.25) is 10.0 Å². The minimum atomic E-state index is -3.29. The number of nitrogens with zero attached hydrogens (tertiary/aromatic N) is 2. The van der Waals surface area contributed by atoms with Crippen LogP contribution in [-0.4, -0.2) is 70.5 Å². The van der Waals surface area contributed by atoms with Crippen molar-refractivity contribution in [3.8, 4) is 0 Å². The maximum Gasteiger partial charge on any atom is 0.317 e. The molecule has 3 rings (SSSR count). The summed E-state index contributed by atoms with van der Waals surface area (Å²) < 4.78 is 24.9. The van der Waals surface area contributed by atoms with Gasteiger partial charge in [0.15, 0.2) is 0 Å². The molecule has 2 amide bonds. The molecule has 1 saturated heterocycles. The second kappa shape index (κ2) is 7.82. The lowest BCUT2D eigenvalue weighted by Gasteiger charge is -2.12. The van der Waals surface area contributed by atoms with E-state index in [1.54, 1.807) is 31.1 Å². The first-order valence-corrected chi connectivity index (χ1v) is 9.32. The van der Waals surface area contributed by atoms with E-state index in [1.165, 1.54) is 4.31 Å². The Morgan fingerprint density at radius 3 is 2.58 bits per heavy atom. The van der Waals surface area contributed by atoms with Gasteiger partial charge in [-0.2, -0.15) is 0 Å². The second-order valence-corrected chi connectivity index (χ2v) is 7.94. The average molecular weight is 355 g/mol. The van der Waals surface area contributed by atoms with Crippen LogP contribution in [0.3, 0.4) is 0 Å². The van der Waals surface area contributed by atoms with Gasteiger partial charge in [-0.25, -0.2) is 17.5 Å². The molecular weight excluding hydrogens is 330 g/mol. The monoisotopic (exact) mass is 355 g/mol. The lowest BCUT2D eigenvalue weighted by molar-refractivity contribution is 0.218. The van der Waals surface area contributed by atoms with Crippen LogP contribution in [0.1, 0.15) is 5.56 Å². The molecule has 2 aliphatic heterocycles. The lowest BCUT2D eigenvalue weighted by Crippen LogP contribution is -2.32. The highest BCUT2D eigenvalue weighted by molar-refractivity contribution is 7.89. The highest BCUT2D eigenvalue weighted by Gasteiger charge is 2.20. The molecule has 1 fully saturated rings. The van der Waals surface area contributed by atoms with E-state index in [0.717, 1.165) is 37.3 Å². The molecule has 1 aromatic rings. The Morgan fingerprint density at radius 1 is 1.25 bits per heavy atom. The molecule has 0 aromatic heterocycles. The van der Waals surface area contributed by atoms with Crippen molar-refractivity contribution in [3.63, 3.8) is 0 Å². The summed E-state index contributed by atoms with van der Waals surface area (Å²) in [4.78, 5) is 12.8. The second-order valence-electron chi connectivity index (χ2n) is 5.79. The van der Waals surface area contributed by atoms with E-state index in [-0.39, 0.29) is 6.03 Å². The average Bonchev–Trinajstić information content (AvgIpc) is 3.16. The zero-order chi connectivity index (χ0) is 17.7. The smallest absolute Gasteiger partial charge is 0.317 e. The Morgan fingerprint density at radius 2 is 2.00 bits per heavy atom. The fourth-order valence-corrected chi connectivity index (χ4v) is 3.49. The Kier molecular flexibility index (Phi) is 6.03. The molecule has 0 spiro atoms. The molecule has 2 heterocycles. The highest BCUT2D eigenvalue weighted by atomic mass is 32.2. The molecule has 1 aromatic carbocycles. The number of carbonyl (C=O) groups excluding carboxylic acids is 1. The van der Waals surface area contributed by atoms with Crippen LogP contribution in [0.4, 0.5) is 10.5 Å². The van der Waals surface area contributed by atoms with Gasteiger partial charge in [-0.3, -0.25) is 0 Å². The molecule has 0 unspecified atom stereocenters. The number of sulfonamides is 1. The van der Waals surface area contributed by atoms with E-state index in [2.05, 4.69) is 10.6 Å². The minimum Gasteiger partial charge on any atom is -0.384 e. The van der Waals surface area contributed by atoms with Crippen LogP contribution in [0.5, 0.6) is 0 Å². The van der Waals surface area contributed by atoms with Crippen molar-refractivity contribution in [2.24, 2.45) is 5.73 Å². The number of nitrogens with two attached hydrogens (primary N) is 1. The zero-order valence-electron chi connectivity index (χ0n) is 14.1.